The zero-order chi connectivity index (χ0) is 14.8. The van der Waals surface area contributed by atoms with Crippen LogP contribution in [0.15, 0.2) is 27.8 Å². The Morgan fingerprint density at radius 2 is 2.10 bits per heavy atom. The summed E-state index contributed by atoms with van der Waals surface area (Å²) in [5.41, 5.74) is 7.30. The monoisotopic (exact) mass is 307 g/mol. The smallest absolute Gasteiger partial charge is 0.288 e. The number of aromatic nitrogens is 1. The van der Waals surface area contributed by atoms with E-state index in [1.54, 1.807) is 23.1 Å². The lowest BCUT2D eigenvalue weighted by molar-refractivity contribution is -0.129. The topological polar surface area (TPSA) is 89.4 Å². The van der Waals surface area contributed by atoms with Gasteiger partial charge in [0.1, 0.15) is 22.1 Å². The Balaban J connectivity index is 1.72. The maximum Gasteiger partial charge on any atom is 0.288 e. The Bertz CT molecular complexity index is 692. The van der Waals surface area contributed by atoms with Crippen molar-refractivity contribution in [1.82, 2.24) is 9.88 Å². The van der Waals surface area contributed by atoms with Crippen molar-refractivity contribution in [3.63, 3.8) is 0 Å². The summed E-state index contributed by atoms with van der Waals surface area (Å²) in [6, 6.07) is 5.05. The zero-order valence-electron chi connectivity index (χ0n) is 11.6. The van der Waals surface area contributed by atoms with Gasteiger partial charge in [-0.25, -0.2) is 9.19 Å². The van der Waals surface area contributed by atoms with Gasteiger partial charge in [0.25, 0.3) is 5.22 Å². The molecule has 1 aliphatic heterocycles. The first-order chi connectivity index (χ1) is 10.1. The highest BCUT2D eigenvalue weighted by molar-refractivity contribution is 7.85. The number of piperidine rings is 1. The summed E-state index contributed by atoms with van der Waals surface area (Å²) in [6.45, 7) is 1.50. The first-order valence-corrected chi connectivity index (χ1v) is 8.27. The SMILES string of the molecule is Nc1ccc2nc(S(=O)CC(=O)N3CCCCC3)oc2c1. The van der Waals surface area contributed by atoms with Crippen molar-refractivity contribution in [2.45, 2.75) is 24.5 Å². The third kappa shape index (κ3) is 3.07. The number of anilines is 1. The Hall–Kier alpha value is -1.89. The molecule has 0 spiro atoms. The highest BCUT2D eigenvalue weighted by Crippen LogP contribution is 2.20. The Kier molecular flexibility index (Phi) is 3.92. The third-order valence-electron chi connectivity index (χ3n) is 3.55. The zero-order valence-corrected chi connectivity index (χ0v) is 12.4. The minimum atomic E-state index is -1.56. The molecule has 1 aromatic carbocycles. The standard InChI is InChI=1S/C14H17N3O3S/c15-10-4-5-11-12(8-10)20-14(16-11)21(19)9-13(18)17-6-2-1-3-7-17/h4-5,8H,1-3,6-7,9,15H2. The molecule has 1 aliphatic rings. The number of nitrogen functional groups attached to an aromatic ring is 1. The average molecular weight is 307 g/mol. The molecule has 7 heteroatoms. The Labute approximate surface area is 124 Å². The summed E-state index contributed by atoms with van der Waals surface area (Å²) in [4.78, 5) is 18.0. The van der Waals surface area contributed by atoms with Crippen molar-refractivity contribution in [3.05, 3.63) is 18.2 Å². The van der Waals surface area contributed by atoms with Gasteiger partial charge >= 0.3 is 0 Å². The number of rotatable bonds is 3. The fraction of sp³-hybridized carbons (Fsp3) is 0.429. The van der Waals surface area contributed by atoms with Crippen LogP contribution in [0.4, 0.5) is 5.69 Å². The van der Waals surface area contributed by atoms with Crippen LogP contribution < -0.4 is 5.73 Å². The number of carbonyl (C=O) groups excluding carboxylic acids is 1. The van der Waals surface area contributed by atoms with Crippen LogP contribution in [-0.4, -0.2) is 38.8 Å². The molecule has 21 heavy (non-hydrogen) atoms. The number of nitrogens with zero attached hydrogens (tertiary/aromatic N) is 2. The van der Waals surface area contributed by atoms with Gasteiger partial charge in [-0.15, -0.1) is 0 Å². The van der Waals surface area contributed by atoms with E-state index in [1.807, 2.05) is 0 Å². The van der Waals surface area contributed by atoms with Gasteiger partial charge < -0.3 is 15.1 Å². The van der Waals surface area contributed by atoms with Gasteiger partial charge in [-0.1, -0.05) is 0 Å². The third-order valence-corrected chi connectivity index (χ3v) is 4.62. The van der Waals surface area contributed by atoms with Gasteiger partial charge in [0.05, 0.1) is 0 Å². The first-order valence-electron chi connectivity index (χ1n) is 6.96. The van der Waals surface area contributed by atoms with E-state index in [2.05, 4.69) is 4.98 Å². The van der Waals surface area contributed by atoms with Gasteiger partial charge in [-0.05, 0) is 31.4 Å². The van der Waals surface area contributed by atoms with E-state index in [0.29, 0.717) is 16.8 Å². The minimum absolute atomic E-state index is 0.0810. The number of likely N-dealkylation sites (tertiary alicyclic amines) is 1. The van der Waals surface area contributed by atoms with Crippen LogP contribution >= 0.6 is 0 Å². The molecule has 112 valence electrons. The minimum Gasteiger partial charge on any atom is -0.430 e. The number of benzene rings is 1. The van der Waals surface area contributed by atoms with E-state index in [4.69, 9.17) is 10.2 Å². The normalized spacial score (nSPS) is 17.0. The number of nitrogens with two attached hydrogens (primary N) is 1. The Morgan fingerprint density at radius 1 is 1.33 bits per heavy atom. The molecule has 1 aromatic heterocycles. The lowest BCUT2D eigenvalue weighted by Gasteiger charge is -2.26. The van der Waals surface area contributed by atoms with Crippen molar-refractivity contribution < 1.29 is 13.4 Å². The fourth-order valence-electron chi connectivity index (χ4n) is 2.43. The molecule has 2 aromatic rings. The summed E-state index contributed by atoms with van der Waals surface area (Å²) in [6.07, 6.45) is 3.18. The van der Waals surface area contributed by atoms with E-state index in [9.17, 15) is 9.00 Å². The molecule has 1 fully saturated rings. The number of fused-ring (bicyclic) bond motifs is 1. The van der Waals surface area contributed by atoms with Gasteiger partial charge in [-0.2, -0.15) is 0 Å². The van der Waals surface area contributed by atoms with Crippen molar-refractivity contribution in [2.75, 3.05) is 24.6 Å². The molecule has 1 amide bonds. The number of hydrogen-bond acceptors (Lipinski definition) is 5. The van der Waals surface area contributed by atoms with Gasteiger partial charge in [0.2, 0.25) is 5.91 Å². The molecule has 1 atom stereocenters. The molecule has 0 bridgehead atoms. The second-order valence-electron chi connectivity index (χ2n) is 5.14. The summed E-state index contributed by atoms with van der Waals surface area (Å²) in [7, 11) is -1.56. The van der Waals surface area contributed by atoms with Gasteiger partial charge in [0.15, 0.2) is 5.58 Å². The predicted octanol–water partition coefficient (Wildman–Crippen LogP) is 1.53. The lowest BCUT2D eigenvalue weighted by Crippen LogP contribution is -2.38. The van der Waals surface area contributed by atoms with E-state index in [-0.39, 0.29) is 16.9 Å². The maximum atomic E-state index is 12.2. The number of amides is 1. The number of hydrogen-bond donors (Lipinski definition) is 1. The molecule has 0 aliphatic carbocycles. The quantitative estimate of drug-likeness (QED) is 0.869. The average Bonchev–Trinajstić information content (AvgIpc) is 2.91. The highest BCUT2D eigenvalue weighted by Gasteiger charge is 2.22. The second kappa shape index (κ2) is 5.85. The van der Waals surface area contributed by atoms with Crippen LogP contribution in [-0.2, 0) is 15.6 Å². The van der Waals surface area contributed by atoms with Crippen LogP contribution in [0.5, 0.6) is 0 Å². The molecule has 3 rings (SSSR count). The molecular formula is C14H17N3O3S. The van der Waals surface area contributed by atoms with E-state index < -0.39 is 10.8 Å². The lowest BCUT2D eigenvalue weighted by atomic mass is 10.1. The van der Waals surface area contributed by atoms with Crippen molar-refractivity contribution >= 4 is 33.5 Å². The van der Waals surface area contributed by atoms with Crippen molar-refractivity contribution in [3.8, 4) is 0 Å². The maximum absolute atomic E-state index is 12.2. The highest BCUT2D eigenvalue weighted by atomic mass is 32.2. The van der Waals surface area contributed by atoms with Crippen LogP contribution in [0.3, 0.4) is 0 Å². The van der Waals surface area contributed by atoms with Crippen LogP contribution in [0, 0.1) is 0 Å². The first kappa shape index (κ1) is 14.1. The van der Waals surface area contributed by atoms with Crippen LogP contribution in [0.1, 0.15) is 19.3 Å². The summed E-state index contributed by atoms with van der Waals surface area (Å²) < 4.78 is 17.7. The van der Waals surface area contributed by atoms with Crippen LogP contribution in [0.25, 0.3) is 11.1 Å². The number of carbonyl (C=O) groups is 1. The largest absolute Gasteiger partial charge is 0.430 e. The molecule has 1 unspecified atom stereocenters. The van der Waals surface area contributed by atoms with Crippen molar-refractivity contribution in [2.24, 2.45) is 0 Å². The molecular weight excluding hydrogens is 290 g/mol. The predicted molar refractivity (Wildman–Crippen MR) is 80.1 cm³/mol. The van der Waals surface area contributed by atoms with E-state index in [1.165, 1.54) is 0 Å². The summed E-state index contributed by atoms with van der Waals surface area (Å²) >= 11 is 0. The van der Waals surface area contributed by atoms with Gasteiger partial charge in [0, 0.05) is 24.8 Å². The molecule has 0 saturated carbocycles. The fourth-order valence-corrected chi connectivity index (χ4v) is 3.34. The molecule has 2 N–H and O–H groups in total. The number of oxazole rings is 1. The molecule has 6 nitrogen and oxygen atoms in total. The molecule has 1 saturated heterocycles. The summed E-state index contributed by atoms with van der Waals surface area (Å²) in [5.74, 6) is -0.183. The Morgan fingerprint density at radius 3 is 2.86 bits per heavy atom. The van der Waals surface area contributed by atoms with Crippen molar-refractivity contribution in [1.29, 1.82) is 0 Å². The molecule has 2 heterocycles. The van der Waals surface area contributed by atoms with Gasteiger partial charge in [-0.3, -0.25) is 4.79 Å². The van der Waals surface area contributed by atoms with E-state index >= 15 is 0 Å². The van der Waals surface area contributed by atoms with E-state index in [0.717, 1.165) is 32.4 Å². The van der Waals surface area contributed by atoms with Crippen LogP contribution in [0.2, 0.25) is 0 Å². The molecule has 0 radical (unpaired) electrons. The second-order valence-corrected chi connectivity index (χ2v) is 6.47. The summed E-state index contributed by atoms with van der Waals surface area (Å²) in [5, 5.41) is 0.0842.